The van der Waals surface area contributed by atoms with Crippen molar-refractivity contribution in [2.24, 2.45) is 22.7 Å². The molecule has 0 aliphatic heterocycles. The average Bonchev–Trinajstić information content (AvgIpc) is 2.77. The van der Waals surface area contributed by atoms with E-state index in [4.69, 9.17) is 0 Å². The number of carbonyl (C=O) groups is 1. The van der Waals surface area contributed by atoms with Gasteiger partial charge in [-0.05, 0) is 38.0 Å². The molecule has 0 aromatic heterocycles. The molecular weight excluding hydrogens is 276 g/mol. The van der Waals surface area contributed by atoms with Crippen molar-refractivity contribution in [3.63, 3.8) is 0 Å². The standard InChI is InChI=1S/C19H26O3/c1-18-7-5-12(20)9-11(18)10-15(21)17-13-3-4-16(22)19(13,2)8-6-14(17)18/h6,10,12-13,15,17,20-21H,3-5,7-9H2,1-2H3/t12?,13?,15?,17?,18?,19-/m0/s1. The molecule has 0 aromatic rings. The minimum atomic E-state index is -0.504. The highest BCUT2D eigenvalue weighted by atomic mass is 16.3. The van der Waals surface area contributed by atoms with E-state index in [1.165, 1.54) is 11.1 Å². The third-order valence-electron chi connectivity index (χ3n) is 7.20. The van der Waals surface area contributed by atoms with Gasteiger partial charge in [0, 0.05) is 23.2 Å². The SMILES string of the molecule is CC12CCC(O)CC1=CC(O)C1C2=CC[C@]2(C)C(=O)CCC12. The van der Waals surface area contributed by atoms with E-state index >= 15 is 0 Å². The van der Waals surface area contributed by atoms with Gasteiger partial charge in [-0.15, -0.1) is 0 Å². The van der Waals surface area contributed by atoms with E-state index in [0.29, 0.717) is 18.6 Å². The predicted molar refractivity (Wildman–Crippen MR) is 84.1 cm³/mol. The summed E-state index contributed by atoms with van der Waals surface area (Å²) < 4.78 is 0. The quantitative estimate of drug-likeness (QED) is 0.677. The van der Waals surface area contributed by atoms with Crippen LogP contribution in [-0.4, -0.2) is 28.2 Å². The number of ketones is 1. The number of hydrogen-bond donors (Lipinski definition) is 2. The molecule has 3 heteroatoms. The van der Waals surface area contributed by atoms with Gasteiger partial charge in [-0.25, -0.2) is 0 Å². The number of fused-ring (bicyclic) bond motifs is 5. The Hall–Kier alpha value is -0.930. The Morgan fingerprint density at radius 2 is 2.00 bits per heavy atom. The maximum Gasteiger partial charge on any atom is 0.139 e. The Balaban J connectivity index is 1.80. The Kier molecular flexibility index (Phi) is 3.03. The van der Waals surface area contributed by atoms with Crippen molar-refractivity contribution in [3.8, 4) is 0 Å². The average molecular weight is 302 g/mol. The first kappa shape index (κ1) is 14.6. The summed E-state index contributed by atoms with van der Waals surface area (Å²) in [4.78, 5) is 12.4. The molecule has 6 atom stereocenters. The lowest BCUT2D eigenvalue weighted by Crippen LogP contribution is -2.49. The normalized spacial score (nSPS) is 50.6. The monoisotopic (exact) mass is 302 g/mol. The summed E-state index contributed by atoms with van der Waals surface area (Å²) in [5, 5.41) is 20.8. The van der Waals surface area contributed by atoms with Crippen LogP contribution in [0.4, 0.5) is 0 Å². The van der Waals surface area contributed by atoms with E-state index in [2.05, 4.69) is 19.9 Å². The van der Waals surface area contributed by atoms with Crippen molar-refractivity contribution in [2.75, 3.05) is 0 Å². The van der Waals surface area contributed by atoms with Gasteiger partial charge in [0.1, 0.15) is 5.78 Å². The Labute approximate surface area is 132 Å². The zero-order valence-corrected chi connectivity index (χ0v) is 13.5. The molecule has 5 unspecified atom stereocenters. The minimum Gasteiger partial charge on any atom is -0.393 e. The van der Waals surface area contributed by atoms with E-state index in [1.807, 2.05) is 6.08 Å². The second-order valence-corrected chi connectivity index (χ2v) is 8.29. The maximum atomic E-state index is 12.4. The smallest absolute Gasteiger partial charge is 0.139 e. The van der Waals surface area contributed by atoms with Gasteiger partial charge in [0.2, 0.25) is 0 Å². The lowest BCUT2D eigenvalue weighted by Gasteiger charge is -2.53. The second-order valence-electron chi connectivity index (χ2n) is 8.29. The fraction of sp³-hybridized carbons (Fsp3) is 0.737. The minimum absolute atomic E-state index is 0.0178. The Morgan fingerprint density at radius 3 is 2.77 bits per heavy atom. The van der Waals surface area contributed by atoms with E-state index < -0.39 is 6.10 Å². The molecule has 0 radical (unpaired) electrons. The summed E-state index contributed by atoms with van der Waals surface area (Å²) in [5.74, 6) is 0.740. The van der Waals surface area contributed by atoms with Crippen LogP contribution < -0.4 is 0 Å². The van der Waals surface area contributed by atoms with Crippen molar-refractivity contribution >= 4 is 5.78 Å². The lowest BCUT2D eigenvalue weighted by atomic mass is 9.52. The van der Waals surface area contributed by atoms with Gasteiger partial charge < -0.3 is 10.2 Å². The molecule has 4 rings (SSSR count). The van der Waals surface area contributed by atoms with Crippen molar-refractivity contribution in [2.45, 2.75) is 64.6 Å². The third-order valence-corrected chi connectivity index (χ3v) is 7.20. The number of aliphatic hydroxyl groups excluding tert-OH is 2. The number of Topliss-reactive ketones (excluding diaryl/α,β-unsaturated/α-hetero) is 1. The van der Waals surface area contributed by atoms with Gasteiger partial charge in [0.15, 0.2) is 0 Å². The fourth-order valence-electron chi connectivity index (χ4n) is 5.72. The number of hydrogen-bond acceptors (Lipinski definition) is 3. The van der Waals surface area contributed by atoms with Gasteiger partial charge in [-0.3, -0.25) is 4.79 Å². The Bertz CT molecular complexity index is 589. The van der Waals surface area contributed by atoms with Crippen LogP contribution in [0.3, 0.4) is 0 Å². The first-order chi connectivity index (χ1) is 10.4. The highest BCUT2D eigenvalue weighted by Crippen LogP contribution is 2.61. The summed E-state index contributed by atoms with van der Waals surface area (Å²) in [5.41, 5.74) is 2.26. The van der Waals surface area contributed by atoms with Gasteiger partial charge in [0.25, 0.3) is 0 Å². The molecule has 0 bridgehead atoms. The van der Waals surface area contributed by atoms with Crippen LogP contribution in [-0.2, 0) is 4.79 Å². The molecule has 4 aliphatic carbocycles. The zero-order chi connectivity index (χ0) is 15.7. The predicted octanol–water partition coefficient (Wildman–Crippen LogP) is 2.77. The third kappa shape index (κ3) is 1.73. The molecule has 0 heterocycles. The summed E-state index contributed by atoms with van der Waals surface area (Å²) >= 11 is 0. The first-order valence-electron chi connectivity index (χ1n) is 8.67. The molecule has 2 saturated carbocycles. The molecule has 0 aromatic carbocycles. The van der Waals surface area contributed by atoms with Crippen LogP contribution in [0.15, 0.2) is 23.3 Å². The van der Waals surface area contributed by atoms with Crippen molar-refractivity contribution < 1.29 is 15.0 Å². The lowest BCUT2D eigenvalue weighted by molar-refractivity contribution is -0.127. The van der Waals surface area contributed by atoms with Crippen LogP contribution in [0.1, 0.15) is 52.4 Å². The molecule has 0 spiro atoms. The van der Waals surface area contributed by atoms with Crippen LogP contribution in [0.5, 0.6) is 0 Å². The Morgan fingerprint density at radius 1 is 1.23 bits per heavy atom. The largest absolute Gasteiger partial charge is 0.393 e. The van der Waals surface area contributed by atoms with Crippen LogP contribution >= 0.6 is 0 Å². The van der Waals surface area contributed by atoms with Crippen LogP contribution in [0.2, 0.25) is 0 Å². The van der Waals surface area contributed by atoms with Gasteiger partial charge in [0.05, 0.1) is 12.2 Å². The van der Waals surface area contributed by atoms with Crippen molar-refractivity contribution in [1.29, 1.82) is 0 Å². The van der Waals surface area contributed by atoms with E-state index in [1.54, 1.807) is 0 Å². The number of aliphatic hydroxyl groups is 2. The number of allylic oxidation sites excluding steroid dienone is 1. The number of carbonyl (C=O) groups excluding carboxylic acids is 1. The van der Waals surface area contributed by atoms with Crippen LogP contribution in [0, 0.1) is 22.7 Å². The zero-order valence-electron chi connectivity index (χ0n) is 13.5. The summed E-state index contributed by atoms with van der Waals surface area (Å²) in [7, 11) is 0. The second kappa shape index (κ2) is 4.55. The highest BCUT2D eigenvalue weighted by Gasteiger charge is 2.57. The summed E-state index contributed by atoms with van der Waals surface area (Å²) in [6.07, 6.45) is 8.34. The van der Waals surface area contributed by atoms with E-state index in [-0.39, 0.29) is 28.8 Å². The molecule has 4 aliphatic rings. The van der Waals surface area contributed by atoms with E-state index in [9.17, 15) is 15.0 Å². The number of rotatable bonds is 0. The van der Waals surface area contributed by atoms with Crippen molar-refractivity contribution in [3.05, 3.63) is 23.3 Å². The summed E-state index contributed by atoms with van der Waals surface area (Å²) in [6, 6.07) is 0. The topological polar surface area (TPSA) is 57.5 Å². The maximum absolute atomic E-state index is 12.4. The molecule has 22 heavy (non-hydrogen) atoms. The highest BCUT2D eigenvalue weighted by molar-refractivity contribution is 5.87. The molecule has 2 fully saturated rings. The fourth-order valence-corrected chi connectivity index (χ4v) is 5.72. The molecule has 0 amide bonds. The molecule has 120 valence electrons. The van der Waals surface area contributed by atoms with E-state index in [0.717, 1.165) is 25.7 Å². The van der Waals surface area contributed by atoms with Crippen LogP contribution in [0.25, 0.3) is 0 Å². The van der Waals surface area contributed by atoms with Gasteiger partial charge in [-0.2, -0.15) is 0 Å². The summed E-state index contributed by atoms with van der Waals surface area (Å²) in [6.45, 7) is 4.37. The molecule has 3 nitrogen and oxygen atoms in total. The molecule has 2 N–H and O–H groups in total. The van der Waals surface area contributed by atoms with Crippen molar-refractivity contribution in [1.82, 2.24) is 0 Å². The van der Waals surface area contributed by atoms with Gasteiger partial charge >= 0.3 is 0 Å². The first-order valence-corrected chi connectivity index (χ1v) is 8.67. The molecule has 0 saturated heterocycles. The molecular formula is C19H26O3. The van der Waals surface area contributed by atoms with Gasteiger partial charge in [-0.1, -0.05) is 37.1 Å².